The molecule has 4 heteroatoms. The van der Waals surface area contributed by atoms with Crippen LogP contribution in [0.2, 0.25) is 0 Å². The SMILES string of the molecule is CO[C@@H](C)c1nc(CC#N)cs1. The lowest BCUT2D eigenvalue weighted by Gasteiger charge is -2.03. The molecule has 0 radical (unpaired) electrons. The second-order valence-corrected chi connectivity index (χ2v) is 3.28. The Morgan fingerprint density at radius 3 is 3.17 bits per heavy atom. The standard InChI is InChI=1S/C8H10N2OS/c1-6(11-2)8-10-7(3-4-9)5-12-8/h5-6H,3H2,1-2H3/t6-/m0/s1. The molecule has 0 spiro atoms. The fraction of sp³-hybridized carbons (Fsp3) is 0.500. The molecule has 0 aromatic carbocycles. The second kappa shape index (κ2) is 4.19. The smallest absolute Gasteiger partial charge is 0.122 e. The summed E-state index contributed by atoms with van der Waals surface area (Å²) < 4.78 is 5.09. The van der Waals surface area contributed by atoms with Gasteiger partial charge in [0.25, 0.3) is 0 Å². The number of methoxy groups -OCH3 is 1. The first-order valence-corrected chi connectivity index (χ1v) is 4.50. The van der Waals surface area contributed by atoms with Crippen LogP contribution in [0, 0.1) is 11.3 Å². The molecule has 64 valence electrons. The number of aromatic nitrogens is 1. The van der Waals surface area contributed by atoms with Gasteiger partial charge in [-0.05, 0) is 6.92 Å². The number of hydrogen-bond acceptors (Lipinski definition) is 4. The van der Waals surface area contributed by atoms with Crippen LogP contribution in [-0.2, 0) is 11.2 Å². The van der Waals surface area contributed by atoms with Crippen molar-refractivity contribution in [2.75, 3.05) is 7.11 Å². The third kappa shape index (κ3) is 2.03. The zero-order valence-electron chi connectivity index (χ0n) is 7.07. The van der Waals surface area contributed by atoms with Gasteiger partial charge in [0, 0.05) is 12.5 Å². The minimum absolute atomic E-state index is 0.0300. The largest absolute Gasteiger partial charge is 0.375 e. The maximum Gasteiger partial charge on any atom is 0.122 e. The quantitative estimate of drug-likeness (QED) is 0.717. The van der Waals surface area contributed by atoms with E-state index in [0.29, 0.717) is 6.42 Å². The minimum Gasteiger partial charge on any atom is -0.375 e. The lowest BCUT2D eigenvalue weighted by Crippen LogP contribution is -1.95. The van der Waals surface area contributed by atoms with Crippen molar-refractivity contribution in [3.05, 3.63) is 16.1 Å². The molecule has 3 nitrogen and oxygen atoms in total. The average molecular weight is 182 g/mol. The zero-order chi connectivity index (χ0) is 8.97. The Balaban J connectivity index is 2.71. The normalized spacial score (nSPS) is 12.4. The van der Waals surface area contributed by atoms with Gasteiger partial charge in [0.2, 0.25) is 0 Å². The highest BCUT2D eigenvalue weighted by Crippen LogP contribution is 2.20. The Morgan fingerprint density at radius 2 is 2.58 bits per heavy atom. The van der Waals surface area contributed by atoms with E-state index in [0.717, 1.165) is 10.7 Å². The van der Waals surface area contributed by atoms with E-state index in [9.17, 15) is 0 Å². The van der Waals surface area contributed by atoms with Gasteiger partial charge in [-0.15, -0.1) is 11.3 Å². The molecule has 0 aliphatic heterocycles. The number of nitriles is 1. The highest BCUT2D eigenvalue weighted by molar-refractivity contribution is 7.09. The van der Waals surface area contributed by atoms with E-state index >= 15 is 0 Å². The number of hydrogen-bond donors (Lipinski definition) is 0. The molecule has 0 amide bonds. The summed E-state index contributed by atoms with van der Waals surface area (Å²) in [6.45, 7) is 1.94. The third-order valence-electron chi connectivity index (χ3n) is 1.53. The molecule has 0 aliphatic carbocycles. The Morgan fingerprint density at radius 1 is 1.83 bits per heavy atom. The third-order valence-corrected chi connectivity index (χ3v) is 2.59. The monoisotopic (exact) mass is 182 g/mol. The van der Waals surface area contributed by atoms with E-state index in [1.54, 1.807) is 7.11 Å². The van der Waals surface area contributed by atoms with Crippen LogP contribution in [0.25, 0.3) is 0 Å². The van der Waals surface area contributed by atoms with Crippen molar-refractivity contribution in [3.8, 4) is 6.07 Å². The number of nitrogens with zero attached hydrogens (tertiary/aromatic N) is 2. The predicted octanol–water partition coefficient (Wildman–Crippen LogP) is 1.92. The molecular weight excluding hydrogens is 172 g/mol. The minimum atomic E-state index is 0.0300. The van der Waals surface area contributed by atoms with Crippen molar-refractivity contribution in [1.29, 1.82) is 5.26 Å². The number of thiazole rings is 1. The van der Waals surface area contributed by atoms with Crippen molar-refractivity contribution in [2.24, 2.45) is 0 Å². The highest BCUT2D eigenvalue weighted by atomic mass is 32.1. The molecule has 0 aliphatic rings. The first-order valence-electron chi connectivity index (χ1n) is 3.62. The summed E-state index contributed by atoms with van der Waals surface area (Å²) in [6.07, 6.45) is 0.412. The van der Waals surface area contributed by atoms with Crippen LogP contribution in [-0.4, -0.2) is 12.1 Å². The molecule has 0 saturated carbocycles. The van der Waals surface area contributed by atoms with E-state index < -0.39 is 0 Å². The van der Waals surface area contributed by atoms with Crippen LogP contribution in [0.15, 0.2) is 5.38 Å². The van der Waals surface area contributed by atoms with Crippen molar-refractivity contribution in [2.45, 2.75) is 19.4 Å². The summed E-state index contributed by atoms with van der Waals surface area (Å²) in [4.78, 5) is 4.24. The number of ether oxygens (including phenoxy) is 1. The van der Waals surface area contributed by atoms with Gasteiger partial charge in [-0.25, -0.2) is 4.98 Å². The van der Waals surface area contributed by atoms with Crippen LogP contribution in [0.5, 0.6) is 0 Å². The molecule has 12 heavy (non-hydrogen) atoms. The molecular formula is C8H10N2OS. The van der Waals surface area contributed by atoms with Crippen LogP contribution in [0.3, 0.4) is 0 Å². The summed E-state index contributed by atoms with van der Waals surface area (Å²) in [5.74, 6) is 0. The van der Waals surface area contributed by atoms with Gasteiger partial charge in [-0.2, -0.15) is 5.26 Å². The average Bonchev–Trinajstić information content (AvgIpc) is 2.52. The van der Waals surface area contributed by atoms with E-state index in [-0.39, 0.29) is 6.10 Å². The maximum absolute atomic E-state index is 8.41. The fourth-order valence-electron chi connectivity index (χ4n) is 0.772. The van der Waals surface area contributed by atoms with Crippen LogP contribution < -0.4 is 0 Å². The van der Waals surface area contributed by atoms with Crippen LogP contribution >= 0.6 is 11.3 Å². The lowest BCUT2D eigenvalue weighted by molar-refractivity contribution is 0.119. The van der Waals surface area contributed by atoms with Gasteiger partial charge in [0.1, 0.15) is 11.1 Å². The molecule has 1 aromatic heterocycles. The van der Waals surface area contributed by atoms with E-state index in [4.69, 9.17) is 10.00 Å². The Hall–Kier alpha value is -0.920. The van der Waals surface area contributed by atoms with Crippen molar-refractivity contribution >= 4 is 11.3 Å². The molecule has 0 unspecified atom stereocenters. The van der Waals surface area contributed by atoms with E-state index in [1.165, 1.54) is 11.3 Å². The summed E-state index contributed by atoms with van der Waals surface area (Å²) in [5, 5.41) is 11.2. The van der Waals surface area contributed by atoms with Gasteiger partial charge in [-0.1, -0.05) is 0 Å². The molecule has 0 fully saturated rings. The summed E-state index contributed by atoms with van der Waals surface area (Å²) in [5.41, 5.74) is 0.835. The first-order chi connectivity index (χ1) is 5.77. The molecule has 0 saturated heterocycles. The highest BCUT2D eigenvalue weighted by Gasteiger charge is 2.08. The summed E-state index contributed by atoms with van der Waals surface area (Å²) >= 11 is 1.53. The molecule has 1 aromatic rings. The summed E-state index contributed by atoms with van der Waals surface area (Å²) in [6, 6.07) is 2.06. The molecule has 0 N–H and O–H groups in total. The fourth-order valence-corrected chi connectivity index (χ4v) is 1.62. The molecule has 1 rings (SSSR count). The van der Waals surface area contributed by atoms with Crippen LogP contribution in [0.1, 0.15) is 23.7 Å². The van der Waals surface area contributed by atoms with Gasteiger partial charge < -0.3 is 4.74 Å². The Bertz CT molecular complexity index is 289. The Labute approximate surface area is 75.6 Å². The first kappa shape index (κ1) is 9.17. The van der Waals surface area contributed by atoms with E-state index in [2.05, 4.69) is 11.1 Å². The molecule has 1 heterocycles. The van der Waals surface area contributed by atoms with Gasteiger partial charge >= 0.3 is 0 Å². The van der Waals surface area contributed by atoms with Gasteiger partial charge in [0.05, 0.1) is 18.2 Å². The van der Waals surface area contributed by atoms with Crippen molar-refractivity contribution < 1.29 is 4.74 Å². The lowest BCUT2D eigenvalue weighted by atomic mass is 10.3. The zero-order valence-corrected chi connectivity index (χ0v) is 7.89. The summed E-state index contributed by atoms with van der Waals surface area (Å²) in [7, 11) is 1.65. The topological polar surface area (TPSA) is 45.9 Å². The predicted molar refractivity (Wildman–Crippen MR) is 46.9 cm³/mol. The van der Waals surface area contributed by atoms with Crippen molar-refractivity contribution in [3.63, 3.8) is 0 Å². The van der Waals surface area contributed by atoms with Crippen molar-refractivity contribution in [1.82, 2.24) is 4.98 Å². The molecule has 1 atom stereocenters. The Kier molecular flexibility index (Phi) is 3.20. The maximum atomic E-state index is 8.41. The van der Waals surface area contributed by atoms with Crippen LogP contribution in [0.4, 0.5) is 0 Å². The van der Waals surface area contributed by atoms with Gasteiger partial charge in [-0.3, -0.25) is 0 Å². The number of rotatable bonds is 3. The van der Waals surface area contributed by atoms with E-state index in [1.807, 2.05) is 12.3 Å². The molecule has 0 bridgehead atoms. The van der Waals surface area contributed by atoms with Gasteiger partial charge in [0.15, 0.2) is 0 Å². The second-order valence-electron chi connectivity index (χ2n) is 2.39.